The molecule has 0 radical (unpaired) electrons. The lowest BCUT2D eigenvalue weighted by atomic mass is 10.0. The Morgan fingerprint density at radius 2 is 1.76 bits per heavy atom. The van der Waals surface area contributed by atoms with E-state index in [0.717, 1.165) is 32.0 Å². The monoisotopic (exact) mass is 643 g/mol. The van der Waals surface area contributed by atoms with Crippen molar-refractivity contribution in [2.75, 3.05) is 67.9 Å². The summed E-state index contributed by atoms with van der Waals surface area (Å²) in [5.74, 6) is -5.85. The molecule has 0 spiro atoms. The van der Waals surface area contributed by atoms with Crippen molar-refractivity contribution in [3.8, 4) is 11.5 Å². The van der Waals surface area contributed by atoms with Gasteiger partial charge < -0.3 is 39.5 Å². The summed E-state index contributed by atoms with van der Waals surface area (Å²) in [7, 11) is 2.23. The standard InChI is InChI=1S/C31H29F4N5O6/c1-4-25(41)39-19-11-16(40-7-9-45-10-8-40)5-6-18(19)38-24-12-17-22(14-36-24)46-31(29(17)37-15-23(32)33)30(42)26-27(34)20(43-2)13-21(44-3)28(26)35/h4-6,11-14,23,37H,1,7-10,15H2,2-3H3,(H,36,38)(H,39,41). The number of nitrogens with one attached hydrogen (secondary N) is 3. The van der Waals surface area contributed by atoms with Gasteiger partial charge in [-0.1, -0.05) is 6.58 Å². The van der Waals surface area contributed by atoms with Crippen molar-refractivity contribution in [2.45, 2.75) is 6.43 Å². The molecule has 11 nitrogen and oxygen atoms in total. The number of benzene rings is 2. The van der Waals surface area contributed by atoms with Gasteiger partial charge in [0, 0.05) is 30.2 Å². The normalized spacial score (nSPS) is 13.1. The quantitative estimate of drug-likeness (QED) is 0.100. The van der Waals surface area contributed by atoms with Crippen LogP contribution < -0.4 is 30.3 Å². The molecule has 1 amide bonds. The Kier molecular flexibility index (Phi) is 9.61. The van der Waals surface area contributed by atoms with Crippen LogP contribution in [0.3, 0.4) is 0 Å². The molecule has 0 saturated carbocycles. The molecule has 1 saturated heterocycles. The number of nitrogens with zero attached hydrogens (tertiary/aromatic N) is 2. The first-order chi connectivity index (χ1) is 22.1. The summed E-state index contributed by atoms with van der Waals surface area (Å²) < 4.78 is 77.9. The minimum atomic E-state index is -2.85. The maximum atomic E-state index is 15.2. The minimum absolute atomic E-state index is 0.0378. The number of carbonyl (C=O) groups excluding carboxylic acids is 2. The highest BCUT2D eigenvalue weighted by atomic mass is 19.3. The molecule has 46 heavy (non-hydrogen) atoms. The first-order valence-electron chi connectivity index (χ1n) is 13.9. The van der Waals surface area contributed by atoms with E-state index in [4.69, 9.17) is 18.6 Å². The second kappa shape index (κ2) is 13.8. The Labute approximate surface area is 260 Å². The topological polar surface area (TPSA) is 127 Å². The van der Waals surface area contributed by atoms with Crippen molar-refractivity contribution >= 4 is 51.2 Å². The van der Waals surface area contributed by atoms with Gasteiger partial charge in [0.2, 0.25) is 11.7 Å². The predicted molar refractivity (Wildman–Crippen MR) is 163 cm³/mol. The third kappa shape index (κ3) is 6.54. The van der Waals surface area contributed by atoms with Crippen LogP contribution in [0.25, 0.3) is 11.0 Å². The molecule has 0 unspecified atom stereocenters. The van der Waals surface area contributed by atoms with E-state index in [2.05, 4.69) is 32.4 Å². The molecule has 2 aromatic heterocycles. The fraction of sp³-hybridized carbons (Fsp3) is 0.258. The summed E-state index contributed by atoms with van der Waals surface area (Å²) in [5, 5.41) is 8.39. The number of carbonyl (C=O) groups is 2. The van der Waals surface area contributed by atoms with Crippen LogP contribution in [-0.2, 0) is 9.53 Å². The zero-order valence-electron chi connectivity index (χ0n) is 24.7. The number of alkyl halides is 2. The van der Waals surface area contributed by atoms with Crippen molar-refractivity contribution in [2.24, 2.45) is 0 Å². The maximum Gasteiger partial charge on any atom is 0.255 e. The molecule has 3 heterocycles. The minimum Gasteiger partial charge on any atom is -0.494 e. The summed E-state index contributed by atoms with van der Waals surface area (Å²) in [6.45, 7) is 5.01. The third-order valence-corrected chi connectivity index (χ3v) is 7.10. The van der Waals surface area contributed by atoms with Gasteiger partial charge in [-0.05, 0) is 30.3 Å². The zero-order chi connectivity index (χ0) is 33.0. The molecule has 0 aliphatic carbocycles. The lowest BCUT2D eigenvalue weighted by molar-refractivity contribution is -0.111. The van der Waals surface area contributed by atoms with Gasteiger partial charge in [-0.3, -0.25) is 9.59 Å². The van der Waals surface area contributed by atoms with E-state index in [1.165, 1.54) is 12.3 Å². The predicted octanol–water partition coefficient (Wildman–Crippen LogP) is 5.74. The van der Waals surface area contributed by atoms with Crippen LogP contribution in [0.15, 0.2) is 53.6 Å². The highest BCUT2D eigenvalue weighted by molar-refractivity contribution is 6.15. The number of hydrogen-bond donors (Lipinski definition) is 3. The first-order valence-corrected chi connectivity index (χ1v) is 13.9. The summed E-state index contributed by atoms with van der Waals surface area (Å²) in [4.78, 5) is 32.2. The van der Waals surface area contributed by atoms with Crippen molar-refractivity contribution in [3.05, 3.63) is 72.1 Å². The van der Waals surface area contributed by atoms with Crippen LogP contribution in [0.5, 0.6) is 11.5 Å². The van der Waals surface area contributed by atoms with Gasteiger partial charge in [0.1, 0.15) is 11.4 Å². The second-order valence-electron chi connectivity index (χ2n) is 9.90. The number of halogens is 4. The van der Waals surface area contributed by atoms with Crippen molar-refractivity contribution in [1.29, 1.82) is 0 Å². The SMILES string of the molecule is C=CC(=O)Nc1cc(N2CCOCC2)ccc1Nc1cc2c(NCC(F)F)c(C(=O)c3c(F)c(OC)cc(OC)c3F)oc2cn1. The number of ketones is 1. The maximum absolute atomic E-state index is 15.2. The molecule has 1 aliphatic rings. The highest BCUT2D eigenvalue weighted by Gasteiger charge is 2.31. The molecule has 1 aliphatic heterocycles. The van der Waals surface area contributed by atoms with Gasteiger partial charge in [0.05, 0.1) is 57.2 Å². The molecule has 3 N–H and O–H groups in total. The fourth-order valence-electron chi connectivity index (χ4n) is 4.87. The van der Waals surface area contributed by atoms with Crippen LogP contribution in [0.4, 0.5) is 46.1 Å². The van der Waals surface area contributed by atoms with E-state index in [9.17, 15) is 18.4 Å². The number of hydrogen-bond acceptors (Lipinski definition) is 10. The van der Waals surface area contributed by atoms with E-state index in [1.807, 2.05) is 6.07 Å². The van der Waals surface area contributed by atoms with E-state index < -0.39 is 59.1 Å². The molecule has 15 heteroatoms. The number of morpholine rings is 1. The van der Waals surface area contributed by atoms with Crippen LogP contribution in [0, 0.1) is 11.6 Å². The van der Waals surface area contributed by atoms with Gasteiger partial charge >= 0.3 is 0 Å². The smallest absolute Gasteiger partial charge is 0.255 e. The van der Waals surface area contributed by atoms with E-state index in [1.54, 1.807) is 12.1 Å². The Balaban J connectivity index is 1.56. The van der Waals surface area contributed by atoms with E-state index >= 15 is 8.78 Å². The number of aromatic nitrogens is 1. The number of amides is 1. The zero-order valence-corrected chi connectivity index (χ0v) is 24.7. The second-order valence-corrected chi connectivity index (χ2v) is 9.90. The number of fused-ring (bicyclic) bond motifs is 1. The number of ether oxygens (including phenoxy) is 3. The highest BCUT2D eigenvalue weighted by Crippen LogP contribution is 2.39. The van der Waals surface area contributed by atoms with Crippen LogP contribution in [0.2, 0.25) is 0 Å². The molecule has 242 valence electrons. The summed E-state index contributed by atoms with van der Waals surface area (Å²) in [6, 6.07) is 7.65. The molecular weight excluding hydrogens is 614 g/mol. The van der Waals surface area contributed by atoms with Gasteiger partial charge in [0.15, 0.2) is 34.5 Å². The molecule has 1 fully saturated rings. The van der Waals surface area contributed by atoms with Crippen LogP contribution in [0.1, 0.15) is 16.1 Å². The lowest BCUT2D eigenvalue weighted by Gasteiger charge is -2.29. The average Bonchev–Trinajstić information content (AvgIpc) is 3.42. The average molecular weight is 644 g/mol. The molecule has 0 atom stereocenters. The van der Waals surface area contributed by atoms with Gasteiger partial charge in [-0.25, -0.2) is 22.5 Å². The number of furan rings is 1. The van der Waals surface area contributed by atoms with E-state index in [0.29, 0.717) is 37.7 Å². The van der Waals surface area contributed by atoms with Crippen molar-refractivity contribution in [1.82, 2.24) is 4.98 Å². The largest absolute Gasteiger partial charge is 0.494 e. The number of rotatable bonds is 12. The summed E-state index contributed by atoms with van der Waals surface area (Å²) >= 11 is 0. The molecule has 0 bridgehead atoms. The van der Waals surface area contributed by atoms with Crippen molar-refractivity contribution < 1.29 is 45.8 Å². The Hall–Kier alpha value is -5.31. The first kappa shape index (κ1) is 32.1. The Morgan fingerprint density at radius 1 is 1.07 bits per heavy atom. The summed E-state index contributed by atoms with van der Waals surface area (Å²) in [5.41, 5.74) is 0.311. The number of pyridine rings is 1. The van der Waals surface area contributed by atoms with Gasteiger partial charge in [0.25, 0.3) is 6.43 Å². The Morgan fingerprint density at radius 3 is 2.39 bits per heavy atom. The van der Waals surface area contributed by atoms with E-state index in [-0.39, 0.29) is 22.5 Å². The van der Waals surface area contributed by atoms with Crippen LogP contribution in [-0.4, -0.2) is 70.2 Å². The molecule has 4 aromatic rings. The van der Waals surface area contributed by atoms with Crippen LogP contribution >= 0.6 is 0 Å². The number of anilines is 5. The number of methoxy groups -OCH3 is 2. The Bertz CT molecular complexity index is 1760. The van der Waals surface area contributed by atoms with Gasteiger partial charge in [-0.15, -0.1) is 0 Å². The van der Waals surface area contributed by atoms with Crippen molar-refractivity contribution in [3.63, 3.8) is 0 Å². The molecule has 5 rings (SSSR count). The third-order valence-electron chi connectivity index (χ3n) is 7.10. The summed E-state index contributed by atoms with van der Waals surface area (Å²) in [6.07, 6.45) is -0.520. The lowest BCUT2D eigenvalue weighted by Crippen LogP contribution is -2.36. The molecular formula is C31H29F4N5O6. The fourth-order valence-corrected chi connectivity index (χ4v) is 4.87. The molecule has 2 aromatic carbocycles. The van der Waals surface area contributed by atoms with Gasteiger partial charge in [-0.2, -0.15) is 0 Å².